The highest BCUT2D eigenvalue weighted by Gasteiger charge is 2.28. The second-order valence-corrected chi connectivity index (χ2v) is 16.3. The summed E-state index contributed by atoms with van der Waals surface area (Å²) >= 11 is 0. The summed E-state index contributed by atoms with van der Waals surface area (Å²) in [5.74, 6) is 2.17. The van der Waals surface area contributed by atoms with E-state index in [0.717, 1.165) is 122 Å². The van der Waals surface area contributed by atoms with Gasteiger partial charge in [0.25, 0.3) is 0 Å². The largest absolute Gasteiger partial charge is 0.373 e. The lowest BCUT2D eigenvalue weighted by atomic mass is 9.74. The van der Waals surface area contributed by atoms with Crippen molar-refractivity contribution in [2.45, 2.75) is 156 Å². The molecule has 2 aromatic rings. The number of nitriles is 4. The molecule has 0 bridgehead atoms. The molecule has 0 unspecified atom stereocenters. The molecule has 0 aromatic heterocycles. The van der Waals surface area contributed by atoms with Crippen LogP contribution in [-0.2, 0) is 17.6 Å². The van der Waals surface area contributed by atoms with Gasteiger partial charge in [0.1, 0.15) is 24.3 Å². The Labute approximate surface area is 334 Å². The Kier molecular flexibility index (Phi) is 18.8. The van der Waals surface area contributed by atoms with Crippen molar-refractivity contribution >= 4 is 11.1 Å². The van der Waals surface area contributed by atoms with E-state index in [9.17, 15) is 21.0 Å². The third-order valence-electron chi connectivity index (χ3n) is 12.6. The molecule has 0 radical (unpaired) electrons. The Hall–Kier alpha value is -4.16. The minimum atomic E-state index is 0.323. The van der Waals surface area contributed by atoms with Gasteiger partial charge in [-0.1, -0.05) is 115 Å². The second-order valence-electron chi connectivity index (χ2n) is 16.3. The number of hydrogen-bond donors (Lipinski definition) is 0. The van der Waals surface area contributed by atoms with Crippen LogP contribution in [0.15, 0.2) is 36.4 Å². The third kappa shape index (κ3) is 11.9. The van der Waals surface area contributed by atoms with Crippen molar-refractivity contribution in [3.05, 3.63) is 80.9 Å². The van der Waals surface area contributed by atoms with Crippen LogP contribution in [-0.4, -0.2) is 13.2 Å². The standard InChI is InChI=1S/C50H66N4O/c1-5-9-11-15-39-25-27-45(49(35-53)47(39)33-51)43(41-21-17-37(13-7-3)18-22-41)29-31-55-32-30-44(42-23-19-38(14-8-4)20-24-42)46-28-26-40(16-12-10-6-2)48(34-52)50(46)36-54/h25-30,37-38,41-42H,5-24,31-32H2,1-4H3. The fourth-order valence-corrected chi connectivity index (χ4v) is 9.51. The van der Waals surface area contributed by atoms with E-state index in [0.29, 0.717) is 47.3 Å². The number of unbranched alkanes of at least 4 members (excludes halogenated alkanes) is 4. The Morgan fingerprint density at radius 2 is 0.909 bits per heavy atom. The molecular formula is C50H66N4O. The maximum absolute atomic E-state index is 10.5. The van der Waals surface area contributed by atoms with E-state index in [1.54, 1.807) is 0 Å². The SMILES string of the molecule is CCCCCc1ccc(C(=CCOCC=C(c2ccc(CCCCC)c(C#N)c2C#N)C2CCC(CCC)CC2)C2CCC(CCC)CC2)c(C#N)c1C#N. The maximum Gasteiger partial charge on any atom is 0.101 e. The van der Waals surface area contributed by atoms with Crippen LogP contribution in [0.1, 0.15) is 188 Å². The second kappa shape index (κ2) is 23.7. The van der Waals surface area contributed by atoms with E-state index in [2.05, 4.69) is 88.4 Å². The number of benzene rings is 2. The highest BCUT2D eigenvalue weighted by atomic mass is 16.5. The van der Waals surface area contributed by atoms with Crippen LogP contribution in [0.25, 0.3) is 11.1 Å². The van der Waals surface area contributed by atoms with Gasteiger partial charge in [-0.15, -0.1) is 0 Å². The van der Waals surface area contributed by atoms with E-state index in [-0.39, 0.29) is 0 Å². The quantitative estimate of drug-likeness (QED) is 0.126. The minimum Gasteiger partial charge on any atom is -0.373 e. The van der Waals surface area contributed by atoms with Gasteiger partial charge in [0.2, 0.25) is 0 Å². The van der Waals surface area contributed by atoms with Crippen molar-refractivity contribution in [3.8, 4) is 24.3 Å². The lowest BCUT2D eigenvalue weighted by molar-refractivity contribution is 0.193. The van der Waals surface area contributed by atoms with Crippen molar-refractivity contribution < 1.29 is 4.74 Å². The molecule has 0 amide bonds. The summed E-state index contributed by atoms with van der Waals surface area (Å²) in [6.07, 6.45) is 26.5. The lowest BCUT2D eigenvalue weighted by Crippen LogP contribution is -2.17. The monoisotopic (exact) mass is 739 g/mol. The first kappa shape index (κ1) is 43.6. The van der Waals surface area contributed by atoms with Crippen LogP contribution in [0.4, 0.5) is 0 Å². The van der Waals surface area contributed by atoms with Crippen LogP contribution in [0.2, 0.25) is 0 Å². The van der Waals surface area contributed by atoms with Crippen molar-refractivity contribution in [2.75, 3.05) is 13.2 Å². The fourth-order valence-electron chi connectivity index (χ4n) is 9.51. The molecule has 2 aliphatic rings. The minimum absolute atomic E-state index is 0.323. The molecule has 5 heteroatoms. The van der Waals surface area contributed by atoms with Gasteiger partial charge in [-0.05, 0) is 134 Å². The number of nitrogens with zero attached hydrogens (tertiary/aromatic N) is 4. The molecule has 2 aliphatic carbocycles. The Morgan fingerprint density at radius 3 is 1.24 bits per heavy atom. The highest BCUT2D eigenvalue weighted by molar-refractivity contribution is 5.77. The van der Waals surface area contributed by atoms with Gasteiger partial charge < -0.3 is 4.74 Å². The van der Waals surface area contributed by atoms with E-state index < -0.39 is 0 Å². The van der Waals surface area contributed by atoms with E-state index in [1.807, 2.05) is 0 Å². The summed E-state index contributed by atoms with van der Waals surface area (Å²) in [6, 6.07) is 18.1. The van der Waals surface area contributed by atoms with Gasteiger partial charge in [-0.3, -0.25) is 0 Å². The summed E-state index contributed by atoms with van der Waals surface area (Å²) < 4.78 is 6.43. The number of allylic oxidation sites excluding steroid dienone is 2. The van der Waals surface area contributed by atoms with Crippen LogP contribution in [0.3, 0.4) is 0 Å². The Balaban J connectivity index is 1.66. The predicted molar refractivity (Wildman–Crippen MR) is 226 cm³/mol. The number of aryl methyl sites for hydroxylation is 2. The molecule has 2 aromatic carbocycles. The topological polar surface area (TPSA) is 104 Å². The average Bonchev–Trinajstić information content (AvgIpc) is 3.21. The average molecular weight is 739 g/mol. The third-order valence-corrected chi connectivity index (χ3v) is 12.6. The molecule has 0 N–H and O–H groups in total. The van der Waals surface area contributed by atoms with Gasteiger partial charge >= 0.3 is 0 Å². The van der Waals surface area contributed by atoms with Crippen LogP contribution in [0, 0.1) is 69.0 Å². The molecular weight excluding hydrogens is 673 g/mol. The zero-order chi connectivity index (χ0) is 39.4. The molecule has 4 rings (SSSR count). The molecule has 55 heavy (non-hydrogen) atoms. The zero-order valence-electron chi connectivity index (χ0n) is 34.5. The summed E-state index contributed by atoms with van der Waals surface area (Å²) in [6.45, 7) is 9.69. The van der Waals surface area contributed by atoms with Crippen molar-refractivity contribution in [2.24, 2.45) is 23.7 Å². The normalized spacial score (nSPS) is 20.3. The maximum atomic E-state index is 10.5. The van der Waals surface area contributed by atoms with Gasteiger partial charge in [0, 0.05) is 0 Å². The number of hydrogen-bond acceptors (Lipinski definition) is 5. The highest BCUT2D eigenvalue weighted by Crippen LogP contribution is 2.42. The number of rotatable bonds is 20. The van der Waals surface area contributed by atoms with Crippen molar-refractivity contribution in [1.29, 1.82) is 21.0 Å². The molecule has 0 aliphatic heterocycles. The first-order valence-electron chi connectivity index (χ1n) is 21.9. The van der Waals surface area contributed by atoms with E-state index >= 15 is 0 Å². The summed E-state index contributed by atoms with van der Waals surface area (Å²) in [5.41, 5.74) is 8.11. The molecule has 292 valence electrons. The van der Waals surface area contributed by atoms with Gasteiger partial charge in [-0.25, -0.2) is 0 Å². The van der Waals surface area contributed by atoms with Gasteiger partial charge in [-0.2, -0.15) is 21.0 Å². The van der Waals surface area contributed by atoms with E-state index in [4.69, 9.17) is 4.74 Å². The molecule has 0 spiro atoms. The Bertz CT molecular complexity index is 1630. The smallest absolute Gasteiger partial charge is 0.101 e. The summed E-state index contributed by atoms with van der Waals surface area (Å²) in [4.78, 5) is 0. The number of ether oxygens (including phenoxy) is 1. The lowest BCUT2D eigenvalue weighted by Gasteiger charge is -2.31. The van der Waals surface area contributed by atoms with Crippen molar-refractivity contribution in [1.82, 2.24) is 0 Å². The first-order valence-corrected chi connectivity index (χ1v) is 21.9. The summed E-state index contributed by atoms with van der Waals surface area (Å²) in [7, 11) is 0. The van der Waals surface area contributed by atoms with Crippen LogP contribution < -0.4 is 0 Å². The fraction of sp³-hybridized carbons (Fsp3) is 0.600. The first-order chi connectivity index (χ1) is 27.0. The van der Waals surface area contributed by atoms with Gasteiger partial charge in [0.15, 0.2) is 0 Å². The predicted octanol–water partition coefficient (Wildman–Crippen LogP) is 13.3. The van der Waals surface area contributed by atoms with Crippen LogP contribution in [0.5, 0.6) is 0 Å². The van der Waals surface area contributed by atoms with Crippen molar-refractivity contribution in [3.63, 3.8) is 0 Å². The molecule has 5 nitrogen and oxygen atoms in total. The molecule has 2 saturated carbocycles. The molecule has 2 fully saturated rings. The molecule has 0 atom stereocenters. The molecule has 0 heterocycles. The Morgan fingerprint density at radius 1 is 0.527 bits per heavy atom. The molecule has 0 saturated heterocycles. The van der Waals surface area contributed by atoms with Gasteiger partial charge in [0.05, 0.1) is 35.5 Å². The van der Waals surface area contributed by atoms with E-state index in [1.165, 1.54) is 51.4 Å². The van der Waals surface area contributed by atoms with Crippen LogP contribution >= 0.6 is 0 Å². The summed E-state index contributed by atoms with van der Waals surface area (Å²) in [5, 5.41) is 41.5. The zero-order valence-corrected chi connectivity index (χ0v) is 34.5.